The van der Waals surface area contributed by atoms with Crippen LogP contribution in [-0.2, 0) is 4.74 Å². The predicted molar refractivity (Wildman–Crippen MR) is 59.8 cm³/mol. The molecule has 0 radical (unpaired) electrons. The van der Waals surface area contributed by atoms with E-state index in [1.807, 2.05) is 0 Å². The van der Waals surface area contributed by atoms with Crippen LogP contribution in [0.4, 0.5) is 0 Å². The molecule has 0 unspecified atom stereocenters. The first-order valence-electron chi connectivity index (χ1n) is 5.99. The standard InChI is InChI=1S/C12H23NO2/c1-11(2,3)15-10-6-9(7-10)13-12(8-14)4-5-12/h9-10,13-14H,4-8H2,1-3H3. The normalized spacial score (nSPS) is 33.6. The Morgan fingerprint density at radius 2 is 1.93 bits per heavy atom. The summed E-state index contributed by atoms with van der Waals surface area (Å²) in [6.45, 7) is 6.59. The van der Waals surface area contributed by atoms with Crippen molar-refractivity contribution in [2.24, 2.45) is 0 Å². The zero-order valence-electron chi connectivity index (χ0n) is 10.0. The van der Waals surface area contributed by atoms with E-state index in [-0.39, 0.29) is 17.7 Å². The second kappa shape index (κ2) is 3.72. The van der Waals surface area contributed by atoms with Gasteiger partial charge in [-0.2, -0.15) is 0 Å². The molecule has 0 aromatic carbocycles. The summed E-state index contributed by atoms with van der Waals surface area (Å²) >= 11 is 0. The zero-order chi connectivity index (χ0) is 11.1. The van der Waals surface area contributed by atoms with Crippen molar-refractivity contribution in [2.45, 2.75) is 69.7 Å². The van der Waals surface area contributed by atoms with Gasteiger partial charge in [0.1, 0.15) is 0 Å². The van der Waals surface area contributed by atoms with E-state index in [0.29, 0.717) is 12.1 Å². The van der Waals surface area contributed by atoms with Gasteiger partial charge in [0.05, 0.1) is 18.3 Å². The molecular weight excluding hydrogens is 190 g/mol. The van der Waals surface area contributed by atoms with Crippen molar-refractivity contribution < 1.29 is 9.84 Å². The highest BCUT2D eigenvalue weighted by Gasteiger charge is 2.46. The van der Waals surface area contributed by atoms with Gasteiger partial charge >= 0.3 is 0 Å². The molecule has 0 heterocycles. The molecule has 15 heavy (non-hydrogen) atoms. The summed E-state index contributed by atoms with van der Waals surface area (Å²) in [7, 11) is 0. The fourth-order valence-corrected chi connectivity index (χ4v) is 2.21. The number of nitrogens with one attached hydrogen (secondary N) is 1. The zero-order valence-corrected chi connectivity index (χ0v) is 10.0. The van der Waals surface area contributed by atoms with Crippen LogP contribution >= 0.6 is 0 Å². The van der Waals surface area contributed by atoms with Crippen LogP contribution in [0.5, 0.6) is 0 Å². The third-order valence-electron chi connectivity index (χ3n) is 3.28. The summed E-state index contributed by atoms with van der Waals surface area (Å²) in [5.74, 6) is 0. The third-order valence-corrected chi connectivity index (χ3v) is 3.28. The summed E-state index contributed by atoms with van der Waals surface area (Å²) in [6.07, 6.45) is 4.87. The monoisotopic (exact) mass is 213 g/mol. The van der Waals surface area contributed by atoms with Crippen molar-refractivity contribution in [2.75, 3.05) is 6.61 Å². The Hall–Kier alpha value is -0.120. The van der Waals surface area contributed by atoms with E-state index in [1.165, 1.54) is 0 Å². The third kappa shape index (κ3) is 2.92. The predicted octanol–water partition coefficient (Wildman–Crippen LogP) is 1.45. The highest BCUT2D eigenvalue weighted by molar-refractivity contribution is 5.05. The Kier molecular flexibility index (Phi) is 2.82. The van der Waals surface area contributed by atoms with Gasteiger partial charge in [-0.05, 0) is 46.5 Å². The van der Waals surface area contributed by atoms with E-state index in [9.17, 15) is 5.11 Å². The van der Waals surface area contributed by atoms with Crippen molar-refractivity contribution in [1.82, 2.24) is 5.32 Å². The highest BCUT2D eigenvalue weighted by Crippen LogP contribution is 2.38. The molecule has 0 aromatic heterocycles. The lowest BCUT2D eigenvalue weighted by atomic mass is 9.87. The molecule has 3 nitrogen and oxygen atoms in total. The fourth-order valence-electron chi connectivity index (χ4n) is 2.21. The maximum Gasteiger partial charge on any atom is 0.0613 e. The van der Waals surface area contributed by atoms with E-state index >= 15 is 0 Å². The Bertz CT molecular complexity index is 224. The molecule has 2 saturated carbocycles. The minimum Gasteiger partial charge on any atom is -0.394 e. The van der Waals surface area contributed by atoms with Crippen LogP contribution in [0, 0.1) is 0 Å². The molecule has 2 aliphatic rings. The lowest BCUT2D eigenvalue weighted by Crippen LogP contribution is -2.53. The number of hydrogen-bond donors (Lipinski definition) is 2. The van der Waals surface area contributed by atoms with E-state index < -0.39 is 0 Å². The van der Waals surface area contributed by atoms with Crippen LogP contribution in [0.25, 0.3) is 0 Å². The number of aliphatic hydroxyl groups is 1. The van der Waals surface area contributed by atoms with Crippen molar-refractivity contribution in [3.63, 3.8) is 0 Å². The van der Waals surface area contributed by atoms with Crippen molar-refractivity contribution in [3.05, 3.63) is 0 Å². The van der Waals surface area contributed by atoms with Gasteiger partial charge in [0.25, 0.3) is 0 Å². The maximum atomic E-state index is 9.18. The van der Waals surface area contributed by atoms with Gasteiger partial charge in [0, 0.05) is 11.6 Å². The molecule has 0 aromatic rings. The van der Waals surface area contributed by atoms with Crippen LogP contribution in [0.15, 0.2) is 0 Å². The summed E-state index contributed by atoms with van der Waals surface area (Å²) in [4.78, 5) is 0. The molecule has 2 aliphatic carbocycles. The van der Waals surface area contributed by atoms with Gasteiger partial charge in [-0.15, -0.1) is 0 Å². The topological polar surface area (TPSA) is 41.5 Å². The molecule has 2 N–H and O–H groups in total. The van der Waals surface area contributed by atoms with E-state index in [4.69, 9.17) is 4.74 Å². The second-order valence-electron chi connectivity index (χ2n) is 6.10. The first kappa shape index (κ1) is 11.4. The largest absolute Gasteiger partial charge is 0.394 e. The highest BCUT2D eigenvalue weighted by atomic mass is 16.5. The van der Waals surface area contributed by atoms with Gasteiger partial charge in [-0.25, -0.2) is 0 Å². The average Bonchev–Trinajstić information content (AvgIpc) is 2.79. The molecule has 0 saturated heterocycles. The molecule has 2 rings (SSSR count). The lowest BCUT2D eigenvalue weighted by Gasteiger charge is -2.41. The minimum atomic E-state index is -0.0239. The molecular formula is C12H23NO2. The van der Waals surface area contributed by atoms with Crippen LogP contribution in [-0.4, -0.2) is 35.0 Å². The maximum absolute atomic E-state index is 9.18. The number of rotatable bonds is 4. The van der Waals surface area contributed by atoms with Gasteiger partial charge in [-0.1, -0.05) is 0 Å². The van der Waals surface area contributed by atoms with Gasteiger partial charge < -0.3 is 15.2 Å². The van der Waals surface area contributed by atoms with Crippen LogP contribution < -0.4 is 5.32 Å². The van der Waals surface area contributed by atoms with Crippen molar-refractivity contribution >= 4 is 0 Å². The van der Waals surface area contributed by atoms with Gasteiger partial charge in [0.15, 0.2) is 0 Å². The molecule has 0 atom stereocenters. The molecule has 3 heteroatoms. The summed E-state index contributed by atoms with van der Waals surface area (Å²) in [6, 6.07) is 0.562. The minimum absolute atomic E-state index is 0.0239. The number of aliphatic hydroxyl groups excluding tert-OH is 1. The number of ether oxygens (including phenoxy) is 1. The molecule has 88 valence electrons. The fraction of sp³-hybridized carbons (Fsp3) is 1.00. The van der Waals surface area contributed by atoms with E-state index in [2.05, 4.69) is 26.1 Å². The summed E-state index contributed by atoms with van der Waals surface area (Å²) < 4.78 is 5.87. The summed E-state index contributed by atoms with van der Waals surface area (Å²) in [5, 5.41) is 12.7. The second-order valence-corrected chi connectivity index (χ2v) is 6.10. The lowest BCUT2D eigenvalue weighted by molar-refractivity contribution is -0.104. The summed E-state index contributed by atoms with van der Waals surface area (Å²) in [5.41, 5.74) is 0.0568. The van der Waals surface area contributed by atoms with Gasteiger partial charge in [0.2, 0.25) is 0 Å². The first-order valence-corrected chi connectivity index (χ1v) is 5.99. The van der Waals surface area contributed by atoms with Crippen LogP contribution in [0.1, 0.15) is 46.5 Å². The average molecular weight is 213 g/mol. The Labute approximate surface area is 92.2 Å². The Balaban J connectivity index is 1.66. The van der Waals surface area contributed by atoms with Crippen LogP contribution in [0.3, 0.4) is 0 Å². The van der Waals surface area contributed by atoms with Gasteiger partial charge in [-0.3, -0.25) is 0 Å². The first-order chi connectivity index (χ1) is 6.92. The molecule has 0 bridgehead atoms. The molecule has 2 fully saturated rings. The smallest absolute Gasteiger partial charge is 0.0613 e. The van der Waals surface area contributed by atoms with Crippen LogP contribution in [0.2, 0.25) is 0 Å². The Morgan fingerprint density at radius 1 is 1.33 bits per heavy atom. The van der Waals surface area contributed by atoms with Crippen molar-refractivity contribution in [3.8, 4) is 0 Å². The quantitative estimate of drug-likeness (QED) is 0.742. The number of hydrogen-bond acceptors (Lipinski definition) is 3. The Morgan fingerprint density at radius 3 is 2.33 bits per heavy atom. The van der Waals surface area contributed by atoms with Crippen molar-refractivity contribution in [1.29, 1.82) is 0 Å². The molecule has 0 aliphatic heterocycles. The molecule has 0 amide bonds. The SMILES string of the molecule is CC(C)(C)OC1CC(NC2(CO)CC2)C1. The molecule has 0 spiro atoms. The van der Waals surface area contributed by atoms with E-state index in [0.717, 1.165) is 25.7 Å². The van der Waals surface area contributed by atoms with E-state index in [1.54, 1.807) is 0 Å².